The van der Waals surface area contributed by atoms with E-state index in [0.717, 1.165) is 56.4 Å². The largest absolute Gasteiger partial charge is 0.429 e. The van der Waals surface area contributed by atoms with Gasteiger partial charge in [-0.2, -0.15) is 22.0 Å². The lowest BCUT2D eigenvalue weighted by Gasteiger charge is -2.28. The fourth-order valence-corrected chi connectivity index (χ4v) is 4.91. The Hall–Kier alpha value is -3.10. The average Bonchev–Trinajstić information content (AvgIpc) is 2.82. The summed E-state index contributed by atoms with van der Waals surface area (Å²) >= 11 is 0. The SMILES string of the molecule is CC[C@H]1CC[C@H](c2ccc(C(F)(F)Oc3ccccc3-c3cc(F)c(C(F)(F)F)c(F)c3)c(F)c2)CC1. The van der Waals surface area contributed by atoms with Crippen molar-refractivity contribution < 1.29 is 39.9 Å². The molecule has 198 valence electrons. The second-order valence-electron chi connectivity index (χ2n) is 9.29. The van der Waals surface area contributed by atoms with Gasteiger partial charge in [0.15, 0.2) is 0 Å². The molecule has 1 fully saturated rings. The average molecular weight is 528 g/mol. The minimum atomic E-state index is -5.28. The van der Waals surface area contributed by atoms with Crippen LogP contribution >= 0.6 is 0 Å². The fraction of sp³-hybridized carbons (Fsp3) is 0.357. The second kappa shape index (κ2) is 10.3. The van der Waals surface area contributed by atoms with Gasteiger partial charge in [-0.25, -0.2) is 13.2 Å². The van der Waals surface area contributed by atoms with Crippen LogP contribution in [-0.2, 0) is 12.3 Å². The van der Waals surface area contributed by atoms with Crippen molar-refractivity contribution in [1.82, 2.24) is 0 Å². The van der Waals surface area contributed by atoms with Gasteiger partial charge < -0.3 is 4.74 Å². The van der Waals surface area contributed by atoms with Crippen LogP contribution in [0.25, 0.3) is 11.1 Å². The van der Waals surface area contributed by atoms with Gasteiger partial charge in [-0.1, -0.05) is 37.6 Å². The van der Waals surface area contributed by atoms with Crippen LogP contribution in [0, 0.1) is 23.4 Å². The molecule has 0 heterocycles. The van der Waals surface area contributed by atoms with Gasteiger partial charge in [-0.05, 0) is 79.0 Å². The summed E-state index contributed by atoms with van der Waals surface area (Å²) in [6, 6.07) is 9.07. The summed E-state index contributed by atoms with van der Waals surface area (Å²) < 4.78 is 117. The molecule has 0 spiro atoms. The minimum Gasteiger partial charge on any atom is -0.428 e. The molecule has 9 heteroatoms. The summed E-state index contributed by atoms with van der Waals surface area (Å²) in [4.78, 5) is 0. The highest BCUT2D eigenvalue weighted by Gasteiger charge is 2.40. The smallest absolute Gasteiger partial charge is 0.428 e. The lowest BCUT2D eigenvalue weighted by molar-refractivity contribution is -0.187. The summed E-state index contributed by atoms with van der Waals surface area (Å²) in [5.74, 6) is -4.87. The first kappa shape index (κ1) is 26.9. The van der Waals surface area contributed by atoms with E-state index in [9.17, 15) is 26.3 Å². The first-order valence-electron chi connectivity index (χ1n) is 11.9. The van der Waals surface area contributed by atoms with Crippen LogP contribution < -0.4 is 4.74 Å². The highest BCUT2D eigenvalue weighted by molar-refractivity contribution is 5.71. The standard InChI is InChI=1S/C28H24F8O/c1-2-16-7-9-17(10-8-16)18-11-12-21(22(29)13-18)28(35,36)37-25-6-4-3-5-20(25)19-14-23(30)26(24(31)15-19)27(32,33)34/h3-6,11-17H,2,7-10H2,1H3/t16-,17-. The van der Waals surface area contributed by atoms with Gasteiger partial charge in [-0.3, -0.25) is 0 Å². The Kier molecular flexibility index (Phi) is 7.53. The molecule has 0 aliphatic heterocycles. The number of benzene rings is 3. The highest BCUT2D eigenvalue weighted by Crippen LogP contribution is 2.42. The van der Waals surface area contributed by atoms with Crippen LogP contribution in [0.15, 0.2) is 54.6 Å². The third kappa shape index (κ3) is 5.75. The normalized spacial score (nSPS) is 18.6. The van der Waals surface area contributed by atoms with Gasteiger partial charge in [0.05, 0.1) is 5.56 Å². The Morgan fingerprint density at radius 2 is 1.41 bits per heavy atom. The van der Waals surface area contributed by atoms with Crippen LogP contribution in [0.4, 0.5) is 35.1 Å². The summed E-state index contributed by atoms with van der Waals surface area (Å²) in [6.07, 6.45) is -4.72. The molecule has 1 saturated carbocycles. The van der Waals surface area contributed by atoms with E-state index in [1.54, 1.807) is 0 Å². The third-order valence-corrected chi connectivity index (χ3v) is 6.96. The van der Waals surface area contributed by atoms with Gasteiger partial charge in [0.25, 0.3) is 0 Å². The predicted octanol–water partition coefficient (Wildman–Crippen LogP) is 9.60. The molecule has 1 nitrogen and oxygen atoms in total. The van der Waals surface area contributed by atoms with Crippen molar-refractivity contribution in [3.8, 4) is 16.9 Å². The number of ether oxygens (including phenoxy) is 1. The first-order chi connectivity index (χ1) is 17.4. The topological polar surface area (TPSA) is 9.23 Å². The molecule has 0 N–H and O–H groups in total. The molecule has 3 aromatic rings. The van der Waals surface area contributed by atoms with Crippen molar-refractivity contribution in [2.75, 3.05) is 0 Å². The molecular weight excluding hydrogens is 504 g/mol. The van der Waals surface area contributed by atoms with Crippen molar-refractivity contribution in [3.05, 3.63) is 88.7 Å². The van der Waals surface area contributed by atoms with Gasteiger partial charge in [0.1, 0.15) is 28.8 Å². The second-order valence-corrected chi connectivity index (χ2v) is 9.29. The molecule has 1 aliphatic carbocycles. The van der Waals surface area contributed by atoms with Gasteiger partial charge >= 0.3 is 12.3 Å². The maximum absolute atomic E-state index is 15.1. The maximum atomic E-state index is 15.1. The van der Waals surface area contributed by atoms with Crippen LogP contribution in [0.2, 0.25) is 0 Å². The molecule has 0 amide bonds. The number of rotatable bonds is 6. The van der Waals surface area contributed by atoms with Crippen molar-refractivity contribution in [2.24, 2.45) is 5.92 Å². The monoisotopic (exact) mass is 528 g/mol. The first-order valence-corrected chi connectivity index (χ1v) is 11.9. The zero-order valence-electron chi connectivity index (χ0n) is 19.8. The molecule has 4 rings (SSSR count). The van der Waals surface area contributed by atoms with E-state index in [-0.39, 0.29) is 11.5 Å². The summed E-state index contributed by atoms with van der Waals surface area (Å²) in [5, 5.41) is 0. The van der Waals surface area contributed by atoms with E-state index >= 15 is 8.78 Å². The van der Waals surface area contributed by atoms with Crippen LogP contribution in [-0.4, -0.2) is 0 Å². The summed E-state index contributed by atoms with van der Waals surface area (Å²) in [7, 11) is 0. The number of hydrogen-bond acceptors (Lipinski definition) is 1. The van der Waals surface area contributed by atoms with Crippen molar-refractivity contribution in [1.29, 1.82) is 0 Å². The van der Waals surface area contributed by atoms with Crippen LogP contribution in [0.1, 0.15) is 61.6 Å². The lowest BCUT2D eigenvalue weighted by atomic mass is 9.78. The molecule has 1 aliphatic rings. The molecule has 37 heavy (non-hydrogen) atoms. The zero-order chi connectivity index (χ0) is 27.0. The lowest BCUT2D eigenvalue weighted by Crippen LogP contribution is -2.24. The predicted molar refractivity (Wildman–Crippen MR) is 123 cm³/mol. The molecule has 3 aromatic carbocycles. The van der Waals surface area contributed by atoms with E-state index in [2.05, 4.69) is 6.92 Å². The van der Waals surface area contributed by atoms with Crippen LogP contribution in [0.5, 0.6) is 5.75 Å². The van der Waals surface area contributed by atoms with Crippen LogP contribution in [0.3, 0.4) is 0 Å². The Balaban J connectivity index is 1.61. The highest BCUT2D eigenvalue weighted by atomic mass is 19.4. The zero-order valence-corrected chi connectivity index (χ0v) is 19.8. The van der Waals surface area contributed by atoms with E-state index in [0.29, 0.717) is 23.6 Å². The Morgan fingerprint density at radius 3 is 1.97 bits per heavy atom. The Morgan fingerprint density at radius 1 is 0.784 bits per heavy atom. The third-order valence-electron chi connectivity index (χ3n) is 6.96. The van der Waals surface area contributed by atoms with Crippen molar-refractivity contribution >= 4 is 0 Å². The molecule has 0 bridgehead atoms. The molecule has 0 aromatic heterocycles. The quantitative estimate of drug-likeness (QED) is 0.290. The number of para-hydroxylation sites is 1. The van der Waals surface area contributed by atoms with Gasteiger partial charge in [-0.15, -0.1) is 0 Å². The van der Waals surface area contributed by atoms with E-state index in [1.807, 2.05) is 0 Å². The van der Waals surface area contributed by atoms with Crippen molar-refractivity contribution in [2.45, 2.75) is 57.2 Å². The molecule has 0 radical (unpaired) electrons. The molecular formula is C28H24F8O. The summed E-state index contributed by atoms with van der Waals surface area (Å²) in [6.45, 7) is 2.12. The molecule has 0 saturated heterocycles. The molecule has 0 atom stereocenters. The van der Waals surface area contributed by atoms with E-state index in [4.69, 9.17) is 4.74 Å². The maximum Gasteiger partial charge on any atom is 0.429 e. The summed E-state index contributed by atoms with van der Waals surface area (Å²) in [5.41, 5.74) is -3.24. The van der Waals surface area contributed by atoms with Crippen molar-refractivity contribution in [3.63, 3.8) is 0 Å². The van der Waals surface area contributed by atoms with E-state index < -0.39 is 52.2 Å². The van der Waals surface area contributed by atoms with Gasteiger partial charge in [0.2, 0.25) is 0 Å². The fourth-order valence-electron chi connectivity index (χ4n) is 4.91. The Labute approximate surface area is 209 Å². The minimum absolute atomic E-state index is 0.0751. The number of alkyl halides is 5. The van der Waals surface area contributed by atoms with E-state index in [1.165, 1.54) is 18.2 Å². The number of hydrogen-bond donors (Lipinski definition) is 0. The molecule has 0 unspecified atom stereocenters. The van der Waals surface area contributed by atoms with Gasteiger partial charge in [0, 0.05) is 5.56 Å². The number of halogens is 8. The Bertz CT molecular complexity index is 1240.